The summed E-state index contributed by atoms with van der Waals surface area (Å²) in [4.78, 5) is 0. The number of fused-ring (bicyclic) bond motifs is 1. The molecule has 116 valence electrons. The van der Waals surface area contributed by atoms with E-state index in [0.29, 0.717) is 6.54 Å². The summed E-state index contributed by atoms with van der Waals surface area (Å²) in [6.07, 6.45) is 6.47. The summed E-state index contributed by atoms with van der Waals surface area (Å²) in [6, 6.07) is 6.50. The maximum atomic E-state index is 10.7. The van der Waals surface area contributed by atoms with Gasteiger partial charge in [-0.05, 0) is 47.9 Å². The maximum Gasteiger partial charge on any atom is 0.0771 e. The first kappa shape index (κ1) is 15.3. The molecule has 0 bridgehead atoms. The van der Waals surface area contributed by atoms with Gasteiger partial charge in [0.25, 0.3) is 0 Å². The lowest BCUT2D eigenvalue weighted by molar-refractivity contribution is -0.000561. The molecule has 1 fully saturated rings. The molecule has 21 heavy (non-hydrogen) atoms. The lowest BCUT2D eigenvalue weighted by Crippen LogP contribution is -2.45. The Balaban J connectivity index is 1.76. The first-order valence-corrected chi connectivity index (χ1v) is 8.52. The zero-order valence-corrected chi connectivity index (χ0v) is 13.8. The summed E-state index contributed by atoms with van der Waals surface area (Å²) in [7, 11) is 0. The fraction of sp³-hybridized carbons (Fsp3) is 0.667. The molecule has 0 radical (unpaired) electrons. The van der Waals surface area contributed by atoms with Crippen molar-refractivity contribution in [2.45, 2.75) is 64.0 Å². The van der Waals surface area contributed by atoms with Gasteiger partial charge in [0, 0.05) is 17.6 Å². The van der Waals surface area contributed by atoms with Gasteiger partial charge in [0.05, 0.1) is 5.60 Å². The van der Waals surface area contributed by atoms with E-state index in [0.717, 1.165) is 37.1 Å². The van der Waals surface area contributed by atoms with Crippen molar-refractivity contribution >= 4 is 11.6 Å². The molecule has 1 aromatic rings. The van der Waals surface area contributed by atoms with Crippen LogP contribution in [0.4, 0.5) is 0 Å². The quantitative estimate of drug-likeness (QED) is 0.875. The normalized spacial score (nSPS) is 26.6. The largest absolute Gasteiger partial charge is 0.389 e. The molecule has 0 aromatic heterocycles. The number of nitrogens with one attached hydrogen (secondary N) is 1. The predicted octanol–water partition coefficient (Wildman–Crippen LogP) is 4.25. The smallest absolute Gasteiger partial charge is 0.0771 e. The Labute approximate surface area is 132 Å². The van der Waals surface area contributed by atoms with E-state index < -0.39 is 5.60 Å². The molecule has 0 aliphatic heterocycles. The van der Waals surface area contributed by atoms with Gasteiger partial charge in [-0.25, -0.2) is 0 Å². The van der Waals surface area contributed by atoms with Crippen molar-refractivity contribution in [2.75, 3.05) is 6.54 Å². The Morgan fingerprint density at radius 2 is 1.95 bits per heavy atom. The highest BCUT2D eigenvalue weighted by molar-refractivity contribution is 6.30. The molecular weight excluding hydrogens is 282 g/mol. The molecule has 2 nitrogen and oxygen atoms in total. The van der Waals surface area contributed by atoms with Crippen LogP contribution in [0.25, 0.3) is 0 Å². The van der Waals surface area contributed by atoms with Crippen LogP contribution in [0.15, 0.2) is 18.2 Å². The van der Waals surface area contributed by atoms with E-state index in [2.05, 4.69) is 31.3 Å². The average molecular weight is 308 g/mol. The standard InChI is InChI=1S/C18H26ClNO/c1-17(2)11-13-6-7-14(19)10-15(13)16(17)20-12-18(21)8-4-3-5-9-18/h6-7,10,16,20-21H,3-5,8-9,11-12H2,1-2H3. The summed E-state index contributed by atoms with van der Waals surface area (Å²) < 4.78 is 0. The van der Waals surface area contributed by atoms with Gasteiger partial charge in [0.15, 0.2) is 0 Å². The third-order valence-corrected chi connectivity index (χ3v) is 5.50. The minimum absolute atomic E-state index is 0.165. The minimum atomic E-state index is -0.518. The van der Waals surface area contributed by atoms with E-state index in [1.54, 1.807) is 0 Å². The molecule has 1 atom stereocenters. The Morgan fingerprint density at radius 3 is 2.67 bits per heavy atom. The topological polar surface area (TPSA) is 32.3 Å². The number of hydrogen-bond donors (Lipinski definition) is 2. The average Bonchev–Trinajstić information content (AvgIpc) is 2.67. The van der Waals surface area contributed by atoms with E-state index in [1.165, 1.54) is 17.5 Å². The van der Waals surface area contributed by atoms with E-state index in [9.17, 15) is 5.11 Å². The van der Waals surface area contributed by atoms with Gasteiger partial charge in [0.2, 0.25) is 0 Å². The number of benzene rings is 1. The number of halogens is 1. The zero-order valence-electron chi connectivity index (χ0n) is 13.1. The molecular formula is C18H26ClNO. The van der Waals surface area contributed by atoms with Crippen LogP contribution in [0, 0.1) is 5.41 Å². The van der Waals surface area contributed by atoms with Gasteiger partial charge < -0.3 is 10.4 Å². The molecule has 2 aliphatic rings. The molecule has 2 aliphatic carbocycles. The molecule has 0 heterocycles. The van der Waals surface area contributed by atoms with Crippen molar-refractivity contribution in [1.82, 2.24) is 5.32 Å². The van der Waals surface area contributed by atoms with Crippen LogP contribution in [0.1, 0.15) is 63.1 Å². The van der Waals surface area contributed by atoms with Gasteiger partial charge >= 0.3 is 0 Å². The molecule has 3 rings (SSSR count). The molecule has 1 saturated carbocycles. The van der Waals surface area contributed by atoms with Gasteiger partial charge in [-0.15, -0.1) is 0 Å². The SMILES string of the molecule is CC1(C)Cc2ccc(Cl)cc2C1NCC1(O)CCCCC1. The van der Waals surface area contributed by atoms with Crippen molar-refractivity contribution in [1.29, 1.82) is 0 Å². The van der Waals surface area contributed by atoms with E-state index in [1.807, 2.05) is 6.07 Å². The Kier molecular flexibility index (Phi) is 4.06. The summed E-state index contributed by atoms with van der Waals surface area (Å²) in [5, 5.41) is 15.2. The van der Waals surface area contributed by atoms with Gasteiger partial charge in [-0.1, -0.05) is 50.8 Å². The molecule has 1 unspecified atom stereocenters. The van der Waals surface area contributed by atoms with E-state index in [-0.39, 0.29) is 11.5 Å². The summed E-state index contributed by atoms with van der Waals surface area (Å²) >= 11 is 6.18. The second-order valence-electron chi connectivity index (χ2n) is 7.61. The van der Waals surface area contributed by atoms with Gasteiger partial charge in [-0.3, -0.25) is 0 Å². The van der Waals surface area contributed by atoms with Crippen LogP contribution in [-0.2, 0) is 6.42 Å². The van der Waals surface area contributed by atoms with Crippen molar-refractivity contribution < 1.29 is 5.11 Å². The number of rotatable bonds is 3. The Hall–Kier alpha value is -0.570. The Morgan fingerprint density at radius 1 is 1.24 bits per heavy atom. The number of hydrogen-bond acceptors (Lipinski definition) is 2. The van der Waals surface area contributed by atoms with Crippen LogP contribution in [0.2, 0.25) is 5.02 Å². The highest BCUT2D eigenvalue weighted by atomic mass is 35.5. The predicted molar refractivity (Wildman–Crippen MR) is 87.7 cm³/mol. The van der Waals surface area contributed by atoms with Gasteiger partial charge in [0.1, 0.15) is 0 Å². The monoisotopic (exact) mass is 307 g/mol. The lowest BCUT2D eigenvalue weighted by atomic mass is 9.82. The second-order valence-corrected chi connectivity index (χ2v) is 8.04. The zero-order chi connectivity index (χ0) is 15.1. The van der Waals surface area contributed by atoms with Crippen LogP contribution in [0.5, 0.6) is 0 Å². The molecule has 1 aromatic carbocycles. The molecule has 2 N–H and O–H groups in total. The molecule has 0 spiro atoms. The van der Waals surface area contributed by atoms with Crippen molar-refractivity contribution in [3.05, 3.63) is 34.3 Å². The third kappa shape index (κ3) is 3.13. The lowest BCUT2D eigenvalue weighted by Gasteiger charge is -2.36. The molecule has 0 saturated heterocycles. The van der Waals surface area contributed by atoms with Crippen molar-refractivity contribution in [3.63, 3.8) is 0 Å². The maximum absolute atomic E-state index is 10.7. The van der Waals surface area contributed by atoms with E-state index >= 15 is 0 Å². The first-order valence-electron chi connectivity index (χ1n) is 8.14. The van der Waals surface area contributed by atoms with Crippen LogP contribution >= 0.6 is 11.6 Å². The minimum Gasteiger partial charge on any atom is -0.389 e. The summed E-state index contributed by atoms with van der Waals surface area (Å²) in [5.41, 5.74) is 2.35. The Bertz CT molecular complexity index is 520. The second kappa shape index (κ2) is 5.57. The molecule has 0 amide bonds. The van der Waals surface area contributed by atoms with Gasteiger partial charge in [-0.2, -0.15) is 0 Å². The summed E-state index contributed by atoms with van der Waals surface area (Å²) in [5.74, 6) is 0. The highest BCUT2D eigenvalue weighted by Crippen LogP contribution is 2.46. The van der Waals surface area contributed by atoms with Crippen LogP contribution < -0.4 is 5.32 Å². The highest BCUT2D eigenvalue weighted by Gasteiger charge is 2.40. The van der Waals surface area contributed by atoms with E-state index in [4.69, 9.17) is 11.6 Å². The first-order chi connectivity index (χ1) is 9.90. The van der Waals surface area contributed by atoms with Crippen molar-refractivity contribution in [2.24, 2.45) is 5.41 Å². The molecule has 3 heteroatoms. The summed E-state index contributed by atoms with van der Waals surface area (Å²) in [6.45, 7) is 5.28. The third-order valence-electron chi connectivity index (χ3n) is 5.27. The number of aliphatic hydroxyl groups is 1. The van der Waals surface area contributed by atoms with Crippen LogP contribution in [-0.4, -0.2) is 17.3 Å². The van der Waals surface area contributed by atoms with Crippen LogP contribution in [0.3, 0.4) is 0 Å². The fourth-order valence-electron chi connectivity index (χ4n) is 4.07. The fourth-order valence-corrected chi connectivity index (χ4v) is 4.25. The van der Waals surface area contributed by atoms with Crippen molar-refractivity contribution in [3.8, 4) is 0 Å².